The summed E-state index contributed by atoms with van der Waals surface area (Å²) in [5.41, 5.74) is 0.247. The van der Waals surface area contributed by atoms with Gasteiger partial charge < -0.3 is 29.9 Å². The van der Waals surface area contributed by atoms with Crippen LogP contribution in [0, 0.1) is 0 Å². The fourth-order valence-corrected chi connectivity index (χ4v) is 4.35. The number of carbonyl (C=O) groups excluding carboxylic acids is 1. The van der Waals surface area contributed by atoms with Crippen molar-refractivity contribution in [2.24, 2.45) is 0 Å². The molecule has 0 spiro atoms. The van der Waals surface area contributed by atoms with Crippen LogP contribution >= 0.6 is 0 Å². The number of fused-ring (bicyclic) bond motifs is 1. The second kappa shape index (κ2) is 10.4. The molecule has 206 valence electrons. The van der Waals surface area contributed by atoms with E-state index in [1.165, 1.54) is 18.3 Å². The van der Waals surface area contributed by atoms with Gasteiger partial charge in [0, 0.05) is 19.3 Å². The van der Waals surface area contributed by atoms with Gasteiger partial charge in [-0.15, -0.1) is 0 Å². The maximum Gasteiger partial charge on any atom is 0.370 e. The highest BCUT2D eigenvalue weighted by atomic mass is 19.3. The van der Waals surface area contributed by atoms with E-state index in [9.17, 15) is 18.7 Å². The van der Waals surface area contributed by atoms with Gasteiger partial charge in [-0.1, -0.05) is 30.3 Å². The van der Waals surface area contributed by atoms with E-state index in [1.54, 1.807) is 5.32 Å². The molecule has 5 heterocycles. The van der Waals surface area contributed by atoms with Crippen molar-refractivity contribution in [3.8, 4) is 11.5 Å². The standard InChI is InChI=1S/C25H23F2N9O4/c26-25(27)19-15(21(38)34-25)6-7-18(30-19)31-23-28-12-16(22-33-24(35-40-22)36-8-10-39-11-9-36)20(32-23)29-17(13-37)14-4-2-1-3-5-14/h1-7,12,17,37H,8-11,13H2,(H,34,38)(H2,28,29,30,31,32)/t17-/m1/s1. The first kappa shape index (κ1) is 25.5. The molecule has 2 aliphatic rings. The SMILES string of the molecule is O=C1NC(F)(F)c2nc(Nc3ncc(-c4nc(N5CCOCC5)no4)c(N[C@H](CO)c4ccccc4)n3)ccc21. The molecular formula is C25H23F2N9O4. The van der Waals surface area contributed by atoms with Gasteiger partial charge >= 0.3 is 6.05 Å². The summed E-state index contributed by atoms with van der Waals surface area (Å²) in [5, 5.41) is 21.8. The molecule has 1 aromatic carbocycles. The maximum absolute atomic E-state index is 14.2. The highest BCUT2D eigenvalue weighted by Gasteiger charge is 2.45. The van der Waals surface area contributed by atoms with E-state index in [2.05, 4.69) is 35.7 Å². The van der Waals surface area contributed by atoms with Gasteiger partial charge in [-0.3, -0.25) is 10.1 Å². The van der Waals surface area contributed by atoms with Crippen LogP contribution in [0.1, 0.15) is 27.7 Å². The third kappa shape index (κ3) is 4.99. The van der Waals surface area contributed by atoms with Gasteiger partial charge in [-0.2, -0.15) is 18.7 Å². The third-order valence-corrected chi connectivity index (χ3v) is 6.37. The Kier molecular flexibility index (Phi) is 6.65. The Balaban J connectivity index is 1.34. The van der Waals surface area contributed by atoms with E-state index >= 15 is 0 Å². The Morgan fingerprint density at radius 2 is 1.88 bits per heavy atom. The first-order valence-corrected chi connectivity index (χ1v) is 12.4. The van der Waals surface area contributed by atoms with Gasteiger partial charge in [-0.25, -0.2) is 9.97 Å². The minimum absolute atomic E-state index is 0.00258. The van der Waals surface area contributed by atoms with Gasteiger partial charge in [-0.05, 0) is 22.9 Å². The Morgan fingerprint density at radius 3 is 2.65 bits per heavy atom. The van der Waals surface area contributed by atoms with Gasteiger partial charge in [0.15, 0.2) is 0 Å². The average molecular weight is 552 g/mol. The number of ether oxygens (including phenoxy) is 1. The number of pyridine rings is 1. The van der Waals surface area contributed by atoms with Crippen LogP contribution in [-0.2, 0) is 10.8 Å². The lowest BCUT2D eigenvalue weighted by molar-refractivity contribution is -0.0278. The summed E-state index contributed by atoms with van der Waals surface area (Å²) in [7, 11) is 0. The molecule has 1 atom stereocenters. The number of aliphatic hydroxyl groups excluding tert-OH is 1. The van der Waals surface area contributed by atoms with Crippen molar-refractivity contribution in [3.05, 3.63) is 65.5 Å². The molecule has 2 aliphatic heterocycles. The van der Waals surface area contributed by atoms with E-state index in [-0.39, 0.29) is 35.6 Å². The van der Waals surface area contributed by atoms with Crippen molar-refractivity contribution in [2.75, 3.05) is 48.4 Å². The molecule has 0 radical (unpaired) electrons. The van der Waals surface area contributed by atoms with Crippen LogP contribution in [0.25, 0.3) is 11.5 Å². The number of morpholine rings is 1. The van der Waals surface area contributed by atoms with E-state index in [1.807, 2.05) is 35.2 Å². The predicted octanol–water partition coefficient (Wildman–Crippen LogP) is 2.44. The van der Waals surface area contributed by atoms with E-state index < -0.39 is 23.7 Å². The highest BCUT2D eigenvalue weighted by Crippen LogP contribution is 2.34. The van der Waals surface area contributed by atoms with Crippen molar-refractivity contribution in [1.82, 2.24) is 30.4 Å². The lowest BCUT2D eigenvalue weighted by atomic mass is 10.1. The molecular weight excluding hydrogens is 528 g/mol. The monoisotopic (exact) mass is 551 g/mol. The molecule has 15 heteroatoms. The number of nitrogens with one attached hydrogen (secondary N) is 3. The zero-order valence-electron chi connectivity index (χ0n) is 20.8. The first-order valence-electron chi connectivity index (χ1n) is 12.4. The summed E-state index contributed by atoms with van der Waals surface area (Å²) in [5.74, 6) is -0.126. The van der Waals surface area contributed by atoms with Gasteiger partial charge in [0.1, 0.15) is 22.9 Å². The molecule has 1 amide bonds. The van der Waals surface area contributed by atoms with Crippen LogP contribution in [0.4, 0.5) is 32.3 Å². The number of carbonyl (C=O) groups is 1. The van der Waals surface area contributed by atoms with Crippen molar-refractivity contribution in [1.29, 1.82) is 0 Å². The second-order valence-electron chi connectivity index (χ2n) is 8.99. The van der Waals surface area contributed by atoms with Crippen molar-refractivity contribution < 1.29 is 27.9 Å². The number of anilines is 4. The summed E-state index contributed by atoms with van der Waals surface area (Å²) >= 11 is 0. The van der Waals surface area contributed by atoms with Crippen molar-refractivity contribution in [2.45, 2.75) is 12.1 Å². The molecule has 0 unspecified atom stereocenters. The van der Waals surface area contributed by atoms with Crippen LogP contribution in [-0.4, -0.2) is 69.0 Å². The number of halogens is 2. The maximum atomic E-state index is 14.2. The van der Waals surface area contributed by atoms with Crippen LogP contribution in [0.15, 0.2) is 53.2 Å². The molecule has 4 aromatic rings. The van der Waals surface area contributed by atoms with Crippen LogP contribution in [0.3, 0.4) is 0 Å². The predicted molar refractivity (Wildman–Crippen MR) is 137 cm³/mol. The fraction of sp³-hybridized carbons (Fsp3) is 0.280. The topological polar surface area (TPSA) is 163 Å². The highest BCUT2D eigenvalue weighted by molar-refractivity contribution is 5.99. The van der Waals surface area contributed by atoms with E-state index in [0.717, 1.165) is 5.56 Å². The number of amides is 1. The lowest BCUT2D eigenvalue weighted by Crippen LogP contribution is -2.36. The Bertz CT molecular complexity index is 1530. The minimum atomic E-state index is -3.60. The van der Waals surface area contributed by atoms with Gasteiger partial charge in [0.2, 0.25) is 5.95 Å². The first-order chi connectivity index (χ1) is 19.4. The minimum Gasteiger partial charge on any atom is -0.394 e. The number of rotatable bonds is 8. The molecule has 0 bridgehead atoms. The van der Waals surface area contributed by atoms with Gasteiger partial charge in [0.05, 0.1) is 31.4 Å². The molecule has 0 aliphatic carbocycles. The molecule has 1 saturated heterocycles. The summed E-state index contributed by atoms with van der Waals surface area (Å²) in [4.78, 5) is 30.9. The molecule has 0 saturated carbocycles. The van der Waals surface area contributed by atoms with E-state index in [4.69, 9.17) is 9.26 Å². The lowest BCUT2D eigenvalue weighted by Gasteiger charge is -2.24. The smallest absolute Gasteiger partial charge is 0.370 e. The van der Waals surface area contributed by atoms with Crippen molar-refractivity contribution >= 4 is 29.4 Å². The van der Waals surface area contributed by atoms with Crippen LogP contribution < -0.4 is 20.9 Å². The summed E-state index contributed by atoms with van der Waals surface area (Å²) in [6, 6.07) is 7.71. The second-order valence-corrected chi connectivity index (χ2v) is 8.99. The van der Waals surface area contributed by atoms with Crippen LogP contribution in [0.5, 0.6) is 0 Å². The summed E-state index contributed by atoms with van der Waals surface area (Å²) < 4.78 is 39.2. The van der Waals surface area contributed by atoms with Gasteiger partial charge in [0.25, 0.3) is 17.7 Å². The Labute approximate surface area is 225 Å². The number of nitrogens with zero attached hydrogens (tertiary/aromatic N) is 6. The molecule has 13 nitrogen and oxygen atoms in total. The number of alkyl halides is 2. The molecule has 40 heavy (non-hydrogen) atoms. The molecule has 1 fully saturated rings. The summed E-state index contributed by atoms with van der Waals surface area (Å²) in [6.45, 7) is 2.04. The largest absolute Gasteiger partial charge is 0.394 e. The zero-order chi connectivity index (χ0) is 27.7. The number of benzene rings is 1. The number of hydrogen-bond acceptors (Lipinski definition) is 12. The van der Waals surface area contributed by atoms with Crippen LogP contribution in [0.2, 0.25) is 0 Å². The Hall–Kier alpha value is -4.76. The number of aliphatic hydroxyl groups is 1. The number of hydrogen-bond donors (Lipinski definition) is 4. The third-order valence-electron chi connectivity index (χ3n) is 6.37. The molecule has 6 rings (SSSR count). The van der Waals surface area contributed by atoms with E-state index in [0.29, 0.717) is 37.8 Å². The zero-order valence-corrected chi connectivity index (χ0v) is 20.8. The quantitative estimate of drug-likeness (QED) is 0.237. The number of aromatic nitrogens is 5. The molecule has 4 N–H and O–H groups in total. The van der Waals surface area contributed by atoms with Crippen molar-refractivity contribution in [3.63, 3.8) is 0 Å². The fourth-order valence-electron chi connectivity index (χ4n) is 4.35. The normalized spacial score (nSPS) is 16.8. The Morgan fingerprint density at radius 1 is 1.07 bits per heavy atom. The molecule has 3 aromatic heterocycles. The average Bonchev–Trinajstić information content (AvgIpc) is 3.55. The summed E-state index contributed by atoms with van der Waals surface area (Å²) in [6.07, 6.45) is 1.43.